The van der Waals surface area contributed by atoms with Gasteiger partial charge in [-0.1, -0.05) is 42.9 Å². The van der Waals surface area contributed by atoms with Crippen LogP contribution >= 0.6 is 34.7 Å². The quantitative estimate of drug-likeness (QED) is 0.347. The van der Waals surface area contributed by atoms with Gasteiger partial charge in [-0.25, -0.2) is 9.37 Å². The van der Waals surface area contributed by atoms with Gasteiger partial charge in [-0.3, -0.25) is 9.69 Å². The largest absolute Gasteiger partial charge is 0.302 e. The number of para-hydroxylation sites is 1. The molecule has 0 saturated heterocycles. The minimum atomic E-state index is -0.357. The third kappa shape index (κ3) is 5.94. The van der Waals surface area contributed by atoms with Crippen LogP contribution in [0.4, 0.5) is 9.52 Å². The van der Waals surface area contributed by atoms with Gasteiger partial charge >= 0.3 is 0 Å². The van der Waals surface area contributed by atoms with Gasteiger partial charge in [0, 0.05) is 35.2 Å². The van der Waals surface area contributed by atoms with E-state index >= 15 is 0 Å². The van der Waals surface area contributed by atoms with E-state index < -0.39 is 0 Å². The van der Waals surface area contributed by atoms with E-state index in [2.05, 4.69) is 23.7 Å². The molecule has 1 aromatic heterocycles. The van der Waals surface area contributed by atoms with Crippen LogP contribution in [0, 0.1) is 5.82 Å². The zero-order chi connectivity index (χ0) is 21.5. The summed E-state index contributed by atoms with van der Waals surface area (Å²) in [5, 5.41) is 1.25. The number of nitrogens with zero attached hydrogens (tertiary/aromatic N) is 3. The van der Waals surface area contributed by atoms with E-state index in [1.807, 2.05) is 30.3 Å². The summed E-state index contributed by atoms with van der Waals surface area (Å²) in [6.07, 6.45) is 0.379. The van der Waals surface area contributed by atoms with Crippen molar-refractivity contribution in [1.82, 2.24) is 9.88 Å². The van der Waals surface area contributed by atoms with E-state index in [-0.39, 0.29) is 11.7 Å². The molecule has 0 N–H and O–H groups in total. The van der Waals surface area contributed by atoms with Crippen LogP contribution in [0.5, 0.6) is 0 Å². The summed E-state index contributed by atoms with van der Waals surface area (Å²) >= 11 is 8.91. The zero-order valence-corrected chi connectivity index (χ0v) is 19.5. The Hall–Kier alpha value is -1.67. The average Bonchev–Trinajstić information content (AvgIpc) is 3.18. The molecule has 0 aliphatic heterocycles. The molecule has 0 saturated carbocycles. The van der Waals surface area contributed by atoms with Crippen molar-refractivity contribution in [2.75, 3.05) is 36.8 Å². The molecule has 30 heavy (non-hydrogen) atoms. The van der Waals surface area contributed by atoms with Crippen LogP contribution in [0.1, 0.15) is 20.3 Å². The second kappa shape index (κ2) is 11.1. The highest BCUT2D eigenvalue weighted by Crippen LogP contribution is 2.31. The fraction of sp³-hybridized carbons (Fsp3) is 0.364. The molecule has 4 nitrogen and oxygen atoms in total. The first kappa shape index (κ1) is 23.0. The van der Waals surface area contributed by atoms with Gasteiger partial charge in [0.05, 0.1) is 4.70 Å². The number of hydrogen-bond acceptors (Lipinski definition) is 5. The van der Waals surface area contributed by atoms with Crippen molar-refractivity contribution in [2.24, 2.45) is 0 Å². The Morgan fingerprint density at radius 3 is 2.53 bits per heavy atom. The summed E-state index contributed by atoms with van der Waals surface area (Å²) < 4.78 is 14.9. The number of amides is 1. The molecule has 8 heteroatoms. The van der Waals surface area contributed by atoms with Crippen molar-refractivity contribution in [3.05, 3.63) is 53.3 Å². The Labute approximate surface area is 190 Å². The second-order valence-electron chi connectivity index (χ2n) is 6.71. The van der Waals surface area contributed by atoms with Crippen molar-refractivity contribution >= 4 is 56.0 Å². The molecule has 3 aromatic rings. The highest BCUT2D eigenvalue weighted by molar-refractivity contribution is 7.99. The lowest BCUT2D eigenvalue weighted by Crippen LogP contribution is -2.39. The normalized spacial score (nSPS) is 11.4. The highest BCUT2D eigenvalue weighted by atomic mass is 35.5. The molecular formula is C22H25ClFN3OS2. The Kier molecular flexibility index (Phi) is 8.50. The van der Waals surface area contributed by atoms with Crippen molar-refractivity contribution < 1.29 is 9.18 Å². The number of thioether (sulfide) groups is 1. The van der Waals surface area contributed by atoms with Crippen LogP contribution in [0.15, 0.2) is 47.4 Å². The number of fused-ring (bicyclic) bond motifs is 1. The van der Waals surface area contributed by atoms with E-state index in [0.717, 1.165) is 29.2 Å². The monoisotopic (exact) mass is 465 g/mol. The summed E-state index contributed by atoms with van der Waals surface area (Å²) in [5.41, 5.74) is 0.327. The van der Waals surface area contributed by atoms with Gasteiger partial charge in [0.2, 0.25) is 5.91 Å². The molecule has 2 aromatic carbocycles. The third-order valence-corrected chi connectivity index (χ3v) is 7.13. The first-order chi connectivity index (χ1) is 14.5. The fourth-order valence-electron chi connectivity index (χ4n) is 3.05. The molecule has 0 bridgehead atoms. The van der Waals surface area contributed by atoms with Gasteiger partial charge in [0.25, 0.3) is 0 Å². The number of hydrogen-bond donors (Lipinski definition) is 0. The molecule has 0 aliphatic rings. The molecule has 0 spiro atoms. The Morgan fingerprint density at radius 1 is 1.13 bits per heavy atom. The van der Waals surface area contributed by atoms with Gasteiger partial charge < -0.3 is 4.90 Å². The van der Waals surface area contributed by atoms with E-state index in [1.165, 1.54) is 17.4 Å². The van der Waals surface area contributed by atoms with Crippen molar-refractivity contribution in [3.8, 4) is 0 Å². The molecule has 0 aliphatic carbocycles. The van der Waals surface area contributed by atoms with Crippen LogP contribution in [0.2, 0.25) is 5.02 Å². The van der Waals surface area contributed by atoms with E-state index in [1.54, 1.807) is 22.7 Å². The molecule has 0 unspecified atom stereocenters. The maximum absolute atomic E-state index is 14.1. The maximum Gasteiger partial charge on any atom is 0.229 e. The average molecular weight is 466 g/mol. The first-order valence-corrected chi connectivity index (χ1v) is 12.2. The topological polar surface area (TPSA) is 36.4 Å². The molecule has 3 rings (SSSR count). The number of halogens is 2. The molecule has 0 fully saturated rings. The Balaban J connectivity index is 1.72. The van der Waals surface area contributed by atoms with Gasteiger partial charge in [0.15, 0.2) is 5.13 Å². The number of anilines is 1. The van der Waals surface area contributed by atoms with E-state index in [4.69, 9.17) is 11.6 Å². The predicted octanol–water partition coefficient (Wildman–Crippen LogP) is 5.95. The van der Waals surface area contributed by atoms with Crippen LogP contribution < -0.4 is 4.90 Å². The molecule has 1 heterocycles. The standard InChI is InChI=1S/C22H25ClFN3OS2/c1-3-26(4-2)13-14-27(22-25-21-18(24)6-5-7-19(21)30-22)20(28)12-15-29-17-10-8-16(23)9-11-17/h5-11H,3-4,12-15H2,1-2H3. The summed E-state index contributed by atoms with van der Waals surface area (Å²) in [6, 6.07) is 12.5. The number of benzene rings is 2. The molecule has 160 valence electrons. The van der Waals surface area contributed by atoms with Crippen LogP contribution in [0.25, 0.3) is 10.2 Å². The predicted molar refractivity (Wildman–Crippen MR) is 127 cm³/mol. The number of aromatic nitrogens is 1. The Bertz CT molecular complexity index is 976. The van der Waals surface area contributed by atoms with Crippen molar-refractivity contribution in [1.29, 1.82) is 0 Å². The van der Waals surface area contributed by atoms with Crippen molar-refractivity contribution in [2.45, 2.75) is 25.2 Å². The molecular weight excluding hydrogens is 441 g/mol. The van der Waals surface area contributed by atoms with Crippen molar-refractivity contribution in [3.63, 3.8) is 0 Å². The molecule has 1 amide bonds. The fourth-order valence-corrected chi connectivity index (χ4v) is 5.04. The van der Waals surface area contributed by atoms with Crippen LogP contribution in [-0.4, -0.2) is 47.7 Å². The van der Waals surface area contributed by atoms with Crippen LogP contribution in [0.3, 0.4) is 0 Å². The summed E-state index contributed by atoms with van der Waals surface area (Å²) in [4.78, 5) is 22.6. The van der Waals surface area contributed by atoms with Gasteiger partial charge in [-0.05, 0) is 49.5 Å². The maximum atomic E-state index is 14.1. The lowest BCUT2D eigenvalue weighted by Gasteiger charge is -2.24. The summed E-state index contributed by atoms with van der Waals surface area (Å²) in [6.45, 7) is 7.32. The number of rotatable bonds is 10. The number of likely N-dealkylation sites (N-methyl/N-ethyl adjacent to an activating group) is 1. The summed E-state index contributed by atoms with van der Waals surface area (Å²) in [5.74, 6) is 0.300. The van der Waals surface area contributed by atoms with Crippen LogP contribution in [-0.2, 0) is 4.79 Å². The highest BCUT2D eigenvalue weighted by Gasteiger charge is 2.21. The number of thiazole rings is 1. The van der Waals surface area contributed by atoms with E-state index in [9.17, 15) is 9.18 Å². The SMILES string of the molecule is CCN(CC)CCN(C(=O)CCSc1ccc(Cl)cc1)c1nc2c(F)cccc2s1. The lowest BCUT2D eigenvalue weighted by molar-refractivity contribution is -0.118. The minimum Gasteiger partial charge on any atom is -0.302 e. The van der Waals surface area contributed by atoms with Gasteiger partial charge in [-0.2, -0.15) is 0 Å². The zero-order valence-electron chi connectivity index (χ0n) is 17.1. The first-order valence-electron chi connectivity index (χ1n) is 9.98. The minimum absolute atomic E-state index is 0.00286. The smallest absolute Gasteiger partial charge is 0.229 e. The number of carbonyl (C=O) groups is 1. The molecule has 0 atom stereocenters. The Morgan fingerprint density at radius 2 is 1.87 bits per heavy atom. The van der Waals surface area contributed by atoms with Gasteiger partial charge in [-0.15, -0.1) is 11.8 Å². The molecule has 0 radical (unpaired) electrons. The van der Waals surface area contributed by atoms with Gasteiger partial charge in [0.1, 0.15) is 11.3 Å². The third-order valence-electron chi connectivity index (χ3n) is 4.82. The number of carbonyl (C=O) groups excluding carboxylic acids is 1. The lowest BCUT2D eigenvalue weighted by atomic mass is 10.3. The van der Waals surface area contributed by atoms with E-state index in [0.29, 0.717) is 34.4 Å². The summed E-state index contributed by atoms with van der Waals surface area (Å²) in [7, 11) is 0. The second-order valence-corrected chi connectivity index (χ2v) is 9.32.